The summed E-state index contributed by atoms with van der Waals surface area (Å²) in [5.41, 5.74) is 3.18. The van der Waals surface area contributed by atoms with Gasteiger partial charge in [-0.15, -0.1) is 0 Å². The van der Waals surface area contributed by atoms with Crippen molar-refractivity contribution in [2.24, 2.45) is 0 Å². The van der Waals surface area contributed by atoms with E-state index in [1.54, 1.807) is 12.4 Å². The highest BCUT2D eigenvalue weighted by Crippen LogP contribution is 2.33. The molecule has 1 saturated heterocycles. The first-order chi connectivity index (χ1) is 15.8. The number of benzene rings is 1. The van der Waals surface area contributed by atoms with Crippen LogP contribution in [0.3, 0.4) is 0 Å². The molecule has 9 heteroatoms. The van der Waals surface area contributed by atoms with Crippen molar-refractivity contribution in [2.45, 2.75) is 37.8 Å². The quantitative estimate of drug-likeness (QED) is 0.653. The number of hydrogen-bond donors (Lipinski definition) is 1. The SMILES string of the molecule is O=C(NC1CCC(Oc2cc(N3CCOCC3)cc3nccnc23)CC1)c1cncnc1. The van der Waals surface area contributed by atoms with Crippen LogP contribution in [0.15, 0.2) is 43.2 Å². The number of carbonyl (C=O) groups excluding carboxylic acids is 1. The van der Waals surface area contributed by atoms with Gasteiger partial charge in [0.05, 0.1) is 30.4 Å². The second-order valence-corrected chi connectivity index (χ2v) is 8.16. The van der Waals surface area contributed by atoms with Crippen LogP contribution in [0.4, 0.5) is 5.69 Å². The van der Waals surface area contributed by atoms with Crippen LogP contribution in [0.1, 0.15) is 36.0 Å². The Balaban J connectivity index is 1.25. The Morgan fingerprint density at radius 2 is 1.78 bits per heavy atom. The van der Waals surface area contributed by atoms with Crippen molar-refractivity contribution in [1.29, 1.82) is 0 Å². The number of amides is 1. The maximum absolute atomic E-state index is 12.4. The fourth-order valence-electron chi connectivity index (χ4n) is 4.31. The largest absolute Gasteiger partial charge is 0.488 e. The Bertz CT molecular complexity index is 1070. The lowest BCUT2D eigenvalue weighted by atomic mass is 9.92. The molecule has 1 aliphatic carbocycles. The number of anilines is 1. The zero-order chi connectivity index (χ0) is 21.8. The summed E-state index contributed by atoms with van der Waals surface area (Å²) < 4.78 is 11.9. The topological polar surface area (TPSA) is 102 Å². The van der Waals surface area contributed by atoms with Crippen molar-refractivity contribution >= 4 is 22.6 Å². The summed E-state index contributed by atoms with van der Waals surface area (Å²) in [5, 5.41) is 3.09. The highest BCUT2D eigenvalue weighted by molar-refractivity contribution is 5.93. The monoisotopic (exact) mass is 434 g/mol. The Morgan fingerprint density at radius 1 is 1.03 bits per heavy atom. The van der Waals surface area contributed by atoms with Gasteiger partial charge in [0.25, 0.3) is 5.91 Å². The second-order valence-electron chi connectivity index (χ2n) is 8.16. The highest BCUT2D eigenvalue weighted by Gasteiger charge is 2.25. The van der Waals surface area contributed by atoms with E-state index >= 15 is 0 Å². The van der Waals surface area contributed by atoms with Crippen molar-refractivity contribution in [1.82, 2.24) is 25.3 Å². The number of morpholine rings is 1. The zero-order valence-electron chi connectivity index (χ0n) is 17.8. The summed E-state index contributed by atoms with van der Waals surface area (Å²) >= 11 is 0. The first-order valence-electron chi connectivity index (χ1n) is 11.1. The van der Waals surface area contributed by atoms with Gasteiger partial charge in [-0.2, -0.15) is 0 Å². The standard InChI is InChI=1S/C23H26N6O3/c30-23(16-13-24-15-25-14-16)28-17-1-3-19(4-2-17)32-21-12-18(29-7-9-31-10-8-29)11-20-22(21)27-6-5-26-20/h5-6,11-15,17,19H,1-4,7-10H2,(H,28,30). The average molecular weight is 435 g/mol. The van der Waals surface area contributed by atoms with Crippen LogP contribution in [0.5, 0.6) is 5.75 Å². The van der Waals surface area contributed by atoms with Crippen molar-refractivity contribution in [3.8, 4) is 5.75 Å². The molecule has 0 radical (unpaired) electrons. The molecule has 0 unspecified atom stereocenters. The third-order valence-electron chi connectivity index (χ3n) is 6.03. The maximum atomic E-state index is 12.4. The third kappa shape index (κ3) is 4.62. The van der Waals surface area contributed by atoms with Gasteiger partial charge in [-0.1, -0.05) is 0 Å². The molecule has 166 valence electrons. The lowest BCUT2D eigenvalue weighted by Crippen LogP contribution is -2.39. The van der Waals surface area contributed by atoms with E-state index < -0.39 is 0 Å². The Hall–Kier alpha value is -3.33. The molecule has 0 atom stereocenters. The molecule has 0 bridgehead atoms. The molecule has 9 nitrogen and oxygen atoms in total. The van der Waals surface area contributed by atoms with Gasteiger partial charge in [0.1, 0.15) is 17.6 Å². The number of carbonyl (C=O) groups is 1. The molecule has 5 rings (SSSR count). The van der Waals surface area contributed by atoms with Crippen LogP contribution >= 0.6 is 0 Å². The van der Waals surface area contributed by atoms with E-state index in [1.165, 1.54) is 18.7 Å². The smallest absolute Gasteiger partial charge is 0.254 e. The number of rotatable bonds is 5. The van der Waals surface area contributed by atoms with Crippen molar-refractivity contribution in [3.63, 3.8) is 0 Å². The molecule has 2 aliphatic rings. The van der Waals surface area contributed by atoms with E-state index in [0.717, 1.165) is 74.5 Å². The van der Waals surface area contributed by atoms with Gasteiger partial charge in [-0.05, 0) is 31.7 Å². The number of nitrogens with zero attached hydrogens (tertiary/aromatic N) is 5. The average Bonchev–Trinajstić information content (AvgIpc) is 2.86. The zero-order valence-corrected chi connectivity index (χ0v) is 17.8. The molecular formula is C23H26N6O3. The number of ether oxygens (including phenoxy) is 2. The number of nitrogens with one attached hydrogen (secondary N) is 1. The van der Waals surface area contributed by atoms with E-state index in [4.69, 9.17) is 9.47 Å². The van der Waals surface area contributed by atoms with Crippen molar-refractivity contribution < 1.29 is 14.3 Å². The van der Waals surface area contributed by atoms with Crippen LogP contribution in [-0.2, 0) is 4.74 Å². The van der Waals surface area contributed by atoms with Crippen LogP contribution in [0.25, 0.3) is 11.0 Å². The molecule has 2 aromatic heterocycles. The molecule has 1 aliphatic heterocycles. The Labute approximate surface area is 186 Å². The maximum Gasteiger partial charge on any atom is 0.254 e. The predicted molar refractivity (Wildman–Crippen MR) is 119 cm³/mol. The van der Waals surface area contributed by atoms with E-state index in [2.05, 4.69) is 42.3 Å². The number of hydrogen-bond acceptors (Lipinski definition) is 8. The van der Waals surface area contributed by atoms with Crippen LogP contribution < -0.4 is 15.0 Å². The molecule has 1 amide bonds. The van der Waals surface area contributed by atoms with Crippen molar-refractivity contribution in [2.75, 3.05) is 31.2 Å². The predicted octanol–water partition coefficient (Wildman–Crippen LogP) is 2.38. The van der Waals surface area contributed by atoms with E-state index in [0.29, 0.717) is 5.56 Å². The summed E-state index contributed by atoms with van der Waals surface area (Å²) in [6, 6.07) is 4.27. The van der Waals surface area contributed by atoms with Gasteiger partial charge >= 0.3 is 0 Å². The molecule has 3 aromatic rings. The van der Waals surface area contributed by atoms with Gasteiger partial charge in [0.2, 0.25) is 0 Å². The highest BCUT2D eigenvalue weighted by atomic mass is 16.5. The summed E-state index contributed by atoms with van der Waals surface area (Å²) in [6.45, 7) is 3.14. The molecule has 3 heterocycles. The van der Waals surface area contributed by atoms with Crippen LogP contribution in [0.2, 0.25) is 0 Å². The Morgan fingerprint density at radius 3 is 2.56 bits per heavy atom. The fourth-order valence-corrected chi connectivity index (χ4v) is 4.31. The van der Waals surface area contributed by atoms with Gasteiger partial charge in [-0.25, -0.2) is 15.0 Å². The van der Waals surface area contributed by atoms with Gasteiger partial charge in [0, 0.05) is 55.7 Å². The van der Waals surface area contributed by atoms with Gasteiger partial charge < -0.3 is 19.7 Å². The molecule has 2 fully saturated rings. The van der Waals surface area contributed by atoms with Gasteiger partial charge in [-0.3, -0.25) is 9.78 Å². The normalized spacial score (nSPS) is 21.3. The molecule has 1 saturated carbocycles. The summed E-state index contributed by atoms with van der Waals surface area (Å²) in [7, 11) is 0. The third-order valence-corrected chi connectivity index (χ3v) is 6.03. The first-order valence-corrected chi connectivity index (χ1v) is 11.1. The van der Waals surface area contributed by atoms with E-state index in [-0.39, 0.29) is 18.1 Å². The van der Waals surface area contributed by atoms with Crippen LogP contribution in [0, 0.1) is 0 Å². The molecule has 1 aromatic carbocycles. The fraction of sp³-hybridized carbons (Fsp3) is 0.435. The molecule has 1 N–H and O–H groups in total. The van der Waals surface area contributed by atoms with E-state index in [1.807, 2.05) is 0 Å². The minimum absolute atomic E-state index is 0.0772. The lowest BCUT2D eigenvalue weighted by molar-refractivity contribution is 0.0894. The number of fused-ring (bicyclic) bond motifs is 1. The summed E-state index contributed by atoms with van der Waals surface area (Å²) in [4.78, 5) is 31.5. The minimum atomic E-state index is -0.130. The number of aromatic nitrogens is 4. The summed E-state index contributed by atoms with van der Waals surface area (Å²) in [6.07, 6.45) is 11.4. The molecule has 32 heavy (non-hydrogen) atoms. The van der Waals surface area contributed by atoms with Gasteiger partial charge in [0.15, 0.2) is 0 Å². The first kappa shape index (κ1) is 20.6. The minimum Gasteiger partial charge on any atom is -0.488 e. The van der Waals surface area contributed by atoms with E-state index in [9.17, 15) is 4.79 Å². The Kier molecular flexibility index (Phi) is 6.06. The lowest BCUT2D eigenvalue weighted by Gasteiger charge is -2.31. The van der Waals surface area contributed by atoms with Crippen LogP contribution in [-0.4, -0.2) is 64.3 Å². The van der Waals surface area contributed by atoms with Crippen molar-refractivity contribution in [3.05, 3.63) is 48.8 Å². The molecule has 0 spiro atoms. The second kappa shape index (κ2) is 9.44. The summed E-state index contributed by atoms with van der Waals surface area (Å²) in [5.74, 6) is 0.639. The molecular weight excluding hydrogens is 408 g/mol.